The maximum atomic E-state index is 13.3. The number of rotatable bonds is 6. The second kappa shape index (κ2) is 9.81. The normalized spacial score (nSPS) is 14.9. The first-order valence-electron chi connectivity index (χ1n) is 11.6. The number of fused-ring (bicyclic) bond motifs is 1. The first kappa shape index (κ1) is 22.9. The Labute approximate surface area is 202 Å². The van der Waals surface area contributed by atoms with Gasteiger partial charge in [0.25, 0.3) is 0 Å². The van der Waals surface area contributed by atoms with Gasteiger partial charge in [0, 0.05) is 52.5 Å². The summed E-state index contributed by atoms with van der Waals surface area (Å²) >= 11 is 0. The van der Waals surface area contributed by atoms with Crippen molar-refractivity contribution in [2.45, 2.75) is 13.1 Å². The number of halogens is 1. The molecule has 2 aromatic heterocycles. The molecule has 1 saturated heterocycles. The van der Waals surface area contributed by atoms with Gasteiger partial charge in [0.2, 0.25) is 0 Å². The predicted octanol–water partition coefficient (Wildman–Crippen LogP) is 3.33. The highest BCUT2D eigenvalue weighted by molar-refractivity contribution is 5.86. The molecule has 1 fully saturated rings. The molecule has 1 N–H and O–H groups in total. The van der Waals surface area contributed by atoms with E-state index in [4.69, 9.17) is 0 Å². The number of hydrogen-bond donors (Lipinski definition) is 1. The Morgan fingerprint density at radius 3 is 2.40 bits per heavy atom. The van der Waals surface area contributed by atoms with E-state index in [1.54, 1.807) is 12.1 Å². The Hall–Kier alpha value is -3.82. The summed E-state index contributed by atoms with van der Waals surface area (Å²) in [5.41, 5.74) is 3.87. The van der Waals surface area contributed by atoms with Crippen molar-refractivity contribution in [3.05, 3.63) is 88.5 Å². The summed E-state index contributed by atoms with van der Waals surface area (Å²) in [5.74, 6) is 0.462. The van der Waals surface area contributed by atoms with Crippen LogP contribution in [0.15, 0.2) is 71.7 Å². The van der Waals surface area contributed by atoms with E-state index < -0.39 is 5.69 Å². The van der Waals surface area contributed by atoms with E-state index in [0.717, 1.165) is 41.4 Å². The molecule has 9 heteroatoms. The smallest absolute Gasteiger partial charge is 0.384 e. The zero-order valence-corrected chi connectivity index (χ0v) is 19.5. The zero-order valence-electron chi connectivity index (χ0n) is 19.5. The van der Waals surface area contributed by atoms with Crippen molar-refractivity contribution in [2.75, 3.05) is 38.1 Å². The van der Waals surface area contributed by atoms with Gasteiger partial charge >= 0.3 is 5.69 Å². The third-order valence-corrected chi connectivity index (χ3v) is 6.30. The molecular formula is C26H27FN6O2. The van der Waals surface area contributed by atoms with Crippen molar-refractivity contribution in [2.24, 2.45) is 0 Å². The van der Waals surface area contributed by atoms with E-state index in [0.29, 0.717) is 35.6 Å². The summed E-state index contributed by atoms with van der Waals surface area (Å²) in [6.45, 7) is 3.66. The van der Waals surface area contributed by atoms with E-state index in [2.05, 4.69) is 51.3 Å². The molecule has 0 radical (unpaired) electrons. The molecular weight excluding hydrogens is 447 g/mol. The van der Waals surface area contributed by atoms with Gasteiger partial charge in [-0.1, -0.05) is 36.4 Å². The molecule has 180 valence electrons. The van der Waals surface area contributed by atoms with Gasteiger partial charge < -0.3 is 10.1 Å². The molecule has 5 rings (SSSR count). The molecule has 0 aliphatic carbocycles. The molecule has 0 amide bonds. The Kier molecular flexibility index (Phi) is 6.43. The molecule has 1 aliphatic rings. The van der Waals surface area contributed by atoms with Crippen LogP contribution in [0.2, 0.25) is 0 Å². The number of pyridine rings is 1. The van der Waals surface area contributed by atoms with Crippen LogP contribution in [-0.4, -0.2) is 63.2 Å². The second-order valence-electron chi connectivity index (χ2n) is 8.85. The summed E-state index contributed by atoms with van der Waals surface area (Å²) in [6, 6.07) is 20.2. The van der Waals surface area contributed by atoms with Gasteiger partial charge in [-0.2, -0.15) is 4.98 Å². The minimum atomic E-state index is -0.767. The molecule has 2 aromatic carbocycles. The van der Waals surface area contributed by atoms with Crippen molar-refractivity contribution in [1.82, 2.24) is 24.7 Å². The Morgan fingerprint density at radius 1 is 0.971 bits per heavy atom. The number of nitrogens with zero attached hydrogens (tertiary/aromatic N) is 6. The quantitative estimate of drug-likeness (QED) is 0.339. The topological polar surface area (TPSA) is 77.7 Å². The van der Waals surface area contributed by atoms with Crippen molar-refractivity contribution < 1.29 is 9.69 Å². The van der Waals surface area contributed by atoms with Crippen LogP contribution in [0.3, 0.4) is 0 Å². The Bertz CT molecular complexity index is 1400. The second-order valence-corrected chi connectivity index (χ2v) is 8.85. The summed E-state index contributed by atoms with van der Waals surface area (Å²) in [4.78, 5) is 24.5. The van der Waals surface area contributed by atoms with Crippen LogP contribution in [0.25, 0.3) is 22.2 Å². The van der Waals surface area contributed by atoms with E-state index >= 15 is 0 Å². The highest BCUT2D eigenvalue weighted by Gasteiger charge is 2.17. The van der Waals surface area contributed by atoms with Gasteiger partial charge in [-0.3, -0.25) is 4.90 Å². The number of benzene rings is 2. The lowest BCUT2D eigenvalue weighted by atomic mass is 10.0. The number of hydrogen-bond acceptors (Lipinski definition) is 7. The summed E-state index contributed by atoms with van der Waals surface area (Å²) in [6.07, 6.45) is 1.52. The van der Waals surface area contributed by atoms with Crippen LogP contribution >= 0.6 is 0 Å². The van der Waals surface area contributed by atoms with Crippen molar-refractivity contribution in [3.8, 4) is 11.1 Å². The molecule has 0 bridgehead atoms. The third kappa shape index (κ3) is 5.01. The predicted molar refractivity (Wildman–Crippen MR) is 133 cm³/mol. The third-order valence-electron chi connectivity index (χ3n) is 6.30. The van der Waals surface area contributed by atoms with Gasteiger partial charge in [0.1, 0.15) is 5.82 Å². The van der Waals surface area contributed by atoms with Gasteiger partial charge in [0.05, 0.1) is 5.39 Å². The van der Waals surface area contributed by atoms with Crippen molar-refractivity contribution in [3.63, 3.8) is 0 Å². The van der Waals surface area contributed by atoms with Crippen LogP contribution in [0.1, 0.15) is 11.1 Å². The Morgan fingerprint density at radius 2 is 1.66 bits per heavy atom. The van der Waals surface area contributed by atoms with Crippen LogP contribution in [0.5, 0.6) is 0 Å². The molecule has 0 unspecified atom stereocenters. The first-order valence-corrected chi connectivity index (χ1v) is 11.6. The number of piperazine rings is 1. The summed E-state index contributed by atoms with van der Waals surface area (Å²) in [5, 5.41) is 11.5. The standard InChI is InChI=1S/C26H27FN6O2/c1-30(25-23-9-4-10-28-24(23)33(35)26(34)29-25)17-19-5-2-7-21(15-19)22-8-3-6-20(16-22)18-31-11-13-32(27)14-12-31/h2-10,15-16,35H,11-14,17-18H2,1H3. The van der Waals surface area contributed by atoms with Crippen molar-refractivity contribution >= 4 is 16.9 Å². The maximum Gasteiger partial charge on any atom is 0.384 e. The van der Waals surface area contributed by atoms with Gasteiger partial charge in [-0.05, 0) is 46.5 Å². The number of anilines is 1. The molecule has 8 nitrogen and oxygen atoms in total. The maximum absolute atomic E-state index is 13.3. The summed E-state index contributed by atoms with van der Waals surface area (Å²) in [7, 11) is 1.86. The van der Waals surface area contributed by atoms with Crippen LogP contribution in [0, 0.1) is 0 Å². The average Bonchev–Trinajstić information content (AvgIpc) is 2.88. The van der Waals surface area contributed by atoms with Gasteiger partial charge in [0.15, 0.2) is 5.65 Å². The lowest BCUT2D eigenvalue weighted by Gasteiger charge is -2.29. The largest absolute Gasteiger partial charge is 0.422 e. The molecule has 3 heterocycles. The summed E-state index contributed by atoms with van der Waals surface area (Å²) < 4.78 is 13.8. The minimum Gasteiger partial charge on any atom is -0.422 e. The highest BCUT2D eigenvalue weighted by Crippen LogP contribution is 2.25. The van der Waals surface area contributed by atoms with E-state index in [9.17, 15) is 14.5 Å². The fraction of sp³-hybridized carbons (Fsp3) is 0.269. The SMILES string of the molecule is CN(Cc1cccc(-c2cccc(CN3CCN(F)CC3)c2)c1)c1nc(=O)n(O)c2ncccc12. The lowest BCUT2D eigenvalue weighted by molar-refractivity contribution is -0.0235. The van der Waals surface area contributed by atoms with Crippen LogP contribution in [0.4, 0.5) is 10.3 Å². The first-order chi connectivity index (χ1) is 17.0. The lowest BCUT2D eigenvalue weighted by Crippen LogP contribution is -2.42. The monoisotopic (exact) mass is 474 g/mol. The minimum absolute atomic E-state index is 0.174. The van der Waals surface area contributed by atoms with Gasteiger partial charge in [-0.25, -0.2) is 9.78 Å². The van der Waals surface area contributed by atoms with E-state index in [1.807, 2.05) is 24.1 Å². The van der Waals surface area contributed by atoms with Crippen molar-refractivity contribution in [1.29, 1.82) is 0 Å². The molecule has 0 saturated carbocycles. The highest BCUT2D eigenvalue weighted by atomic mass is 19.2. The molecule has 0 spiro atoms. The fourth-order valence-electron chi connectivity index (χ4n) is 4.51. The zero-order chi connectivity index (χ0) is 24.4. The number of aromatic nitrogens is 3. The molecule has 1 aliphatic heterocycles. The molecule has 0 atom stereocenters. The van der Waals surface area contributed by atoms with Gasteiger partial charge in [-0.15, -0.1) is 14.3 Å². The fourth-order valence-corrected chi connectivity index (χ4v) is 4.51. The van der Waals surface area contributed by atoms with Crippen LogP contribution < -0.4 is 10.6 Å². The van der Waals surface area contributed by atoms with E-state index in [-0.39, 0.29) is 5.65 Å². The van der Waals surface area contributed by atoms with E-state index in [1.165, 1.54) is 11.8 Å². The van der Waals surface area contributed by atoms with Crippen LogP contribution in [-0.2, 0) is 13.1 Å². The molecule has 4 aromatic rings. The average molecular weight is 475 g/mol. The Balaban J connectivity index is 1.36. The molecule has 35 heavy (non-hydrogen) atoms.